The highest BCUT2D eigenvalue weighted by molar-refractivity contribution is 8.00. The van der Waals surface area contributed by atoms with Crippen molar-refractivity contribution in [2.75, 3.05) is 31.4 Å². The SMILES string of the molecule is O=C(O)CSc1cc(NS(=O)(=O)c2ccc(Oc3ccc(Cl)cc3)cc2)c2ccccc2c1O.O=C(O)CSc1cc(NS(=O)(=O)c2ccc(Oc3ccc(F)cc3)cc2)c2ccccc2c1O.O=C(O)CSc1cc(NS(=O)(=O)c2ccc(Oc3ccccc3)cc2)c2ccccc2c1O. The predicted molar refractivity (Wildman–Crippen MR) is 388 cm³/mol. The summed E-state index contributed by atoms with van der Waals surface area (Å²) in [5.74, 6) is -1.85. The summed E-state index contributed by atoms with van der Waals surface area (Å²) in [5, 5.41) is 61.8. The summed E-state index contributed by atoms with van der Waals surface area (Å²) in [6, 6.07) is 63.3. The number of carboxylic acid groups (broad SMARTS) is 3. The van der Waals surface area contributed by atoms with Gasteiger partial charge in [0.2, 0.25) is 0 Å². The number of sulfonamides is 3. The molecule has 0 unspecified atom stereocenters. The number of thioether (sulfide) groups is 3. The van der Waals surface area contributed by atoms with Crippen LogP contribution in [-0.2, 0) is 44.5 Å². The molecule has 12 aromatic carbocycles. The van der Waals surface area contributed by atoms with E-state index in [1.165, 1.54) is 103 Å². The number of ether oxygens (including phenoxy) is 3. The van der Waals surface area contributed by atoms with Crippen LogP contribution in [0.5, 0.6) is 51.7 Å². The van der Waals surface area contributed by atoms with Crippen molar-refractivity contribution >= 4 is 144 Å². The Bertz CT molecular complexity index is 5160. The van der Waals surface area contributed by atoms with Crippen molar-refractivity contribution < 1.29 is 88.9 Å². The highest BCUT2D eigenvalue weighted by Gasteiger charge is 2.24. The number of anilines is 3. The molecule has 516 valence electrons. The van der Waals surface area contributed by atoms with Gasteiger partial charge in [-0.3, -0.25) is 28.5 Å². The van der Waals surface area contributed by atoms with E-state index >= 15 is 0 Å². The Labute approximate surface area is 594 Å². The molecule has 9 N–H and O–H groups in total. The first kappa shape index (κ1) is 72.9. The minimum Gasteiger partial charge on any atom is -0.506 e. The average Bonchev–Trinajstić information content (AvgIpc) is 0.788. The van der Waals surface area contributed by atoms with Crippen LogP contribution in [-0.4, -0.2) is 91.1 Å². The first-order valence-corrected chi connectivity index (χ1v) is 37.3. The summed E-state index contributed by atoms with van der Waals surface area (Å²) in [6.07, 6.45) is 0. The number of carbonyl (C=O) groups is 3. The lowest BCUT2D eigenvalue weighted by atomic mass is 10.1. The smallest absolute Gasteiger partial charge is 0.313 e. The second-order valence-corrected chi connectivity index (χ2v) is 29.8. The predicted octanol–water partition coefficient (Wildman–Crippen LogP) is 16.7. The quantitative estimate of drug-likeness (QED) is 0.0200. The minimum atomic E-state index is -4.02. The fraction of sp³-hybridized carbons (Fsp3) is 0.0417. The minimum absolute atomic E-state index is 0.00727. The molecule has 29 heteroatoms. The van der Waals surface area contributed by atoms with Crippen molar-refractivity contribution in [3.63, 3.8) is 0 Å². The molecule has 0 heterocycles. The number of benzene rings is 12. The van der Waals surface area contributed by atoms with Crippen LogP contribution in [0.4, 0.5) is 21.5 Å². The summed E-state index contributed by atoms with van der Waals surface area (Å²) in [4.78, 5) is 33.7. The molecule has 12 rings (SSSR count). The lowest BCUT2D eigenvalue weighted by Crippen LogP contribution is -2.13. The maximum Gasteiger partial charge on any atom is 0.313 e. The third-order valence-corrected chi connectivity index (χ3v) is 21.6. The number of para-hydroxylation sites is 1. The number of fused-ring (bicyclic) bond motifs is 3. The van der Waals surface area contributed by atoms with Crippen molar-refractivity contribution in [3.8, 4) is 51.7 Å². The Kier molecular flexibility index (Phi) is 23.4. The van der Waals surface area contributed by atoms with Gasteiger partial charge in [-0.1, -0.05) is 103 Å². The summed E-state index contributed by atoms with van der Waals surface area (Å²) in [5.41, 5.74) is 0.664. The number of phenolic OH excluding ortho intramolecular Hbond substituents is 3. The molecule has 0 aliphatic rings. The normalized spacial score (nSPS) is 11.3. The van der Waals surface area contributed by atoms with E-state index in [0.29, 0.717) is 71.8 Å². The first-order valence-electron chi connectivity index (χ1n) is 29.6. The maximum absolute atomic E-state index is 13.1. The lowest BCUT2D eigenvalue weighted by molar-refractivity contribution is -0.134. The van der Waals surface area contributed by atoms with E-state index < -0.39 is 53.8 Å². The van der Waals surface area contributed by atoms with Crippen LogP contribution < -0.4 is 28.4 Å². The molecule has 0 radical (unpaired) electrons. The molecule has 0 saturated carbocycles. The largest absolute Gasteiger partial charge is 0.506 e. The second-order valence-electron chi connectivity index (χ2n) is 21.3. The highest BCUT2D eigenvalue weighted by atomic mass is 35.5. The van der Waals surface area contributed by atoms with E-state index in [2.05, 4.69) is 14.2 Å². The van der Waals surface area contributed by atoms with E-state index in [1.54, 1.807) is 121 Å². The van der Waals surface area contributed by atoms with Crippen molar-refractivity contribution in [2.24, 2.45) is 0 Å². The van der Waals surface area contributed by atoms with Crippen LogP contribution >= 0.6 is 46.9 Å². The van der Waals surface area contributed by atoms with Crippen LogP contribution in [0, 0.1) is 5.82 Å². The summed E-state index contributed by atoms with van der Waals surface area (Å²) in [7, 11) is -12.0. The van der Waals surface area contributed by atoms with Gasteiger partial charge in [0.05, 0.1) is 63.7 Å². The highest BCUT2D eigenvalue weighted by Crippen LogP contribution is 2.44. The van der Waals surface area contributed by atoms with Crippen molar-refractivity contribution in [1.29, 1.82) is 0 Å². The molecule has 0 aliphatic heterocycles. The van der Waals surface area contributed by atoms with Gasteiger partial charge in [0.1, 0.15) is 57.6 Å². The molecule has 0 fully saturated rings. The summed E-state index contributed by atoms with van der Waals surface area (Å²) >= 11 is 8.56. The number of nitrogens with one attached hydrogen (secondary N) is 3. The number of phenols is 3. The van der Waals surface area contributed by atoms with Gasteiger partial charge >= 0.3 is 17.9 Å². The topological polar surface area (TPSA) is 339 Å². The van der Waals surface area contributed by atoms with Gasteiger partial charge in [-0.2, -0.15) is 0 Å². The Morgan fingerprint density at radius 3 is 0.861 bits per heavy atom. The third kappa shape index (κ3) is 19.1. The summed E-state index contributed by atoms with van der Waals surface area (Å²) < 4.78 is 116. The van der Waals surface area contributed by atoms with E-state index in [1.807, 2.05) is 18.2 Å². The lowest BCUT2D eigenvalue weighted by Gasteiger charge is -2.15. The zero-order chi connectivity index (χ0) is 72.0. The molecule has 0 spiro atoms. The van der Waals surface area contributed by atoms with Crippen LogP contribution in [0.15, 0.2) is 272 Å². The fourth-order valence-electron chi connectivity index (χ4n) is 9.58. The third-order valence-electron chi connectivity index (χ3n) is 14.2. The van der Waals surface area contributed by atoms with Gasteiger partial charge in [-0.15, -0.1) is 35.3 Å². The summed E-state index contributed by atoms with van der Waals surface area (Å²) in [6.45, 7) is 0. The zero-order valence-corrected chi connectivity index (χ0v) is 57.7. The number of hydrogen-bond acceptors (Lipinski definition) is 18. The van der Waals surface area contributed by atoms with E-state index in [-0.39, 0.29) is 80.9 Å². The van der Waals surface area contributed by atoms with Crippen molar-refractivity contribution in [3.05, 3.63) is 253 Å². The van der Waals surface area contributed by atoms with Crippen LogP contribution in [0.2, 0.25) is 5.02 Å². The molecule has 0 bridgehead atoms. The Balaban J connectivity index is 0.000000163. The number of hydrogen-bond donors (Lipinski definition) is 9. The standard InChI is InChI=1S/C24H18ClNO6S2.C24H18FNO6S2.C24H19NO6S2/c2*25-15-5-7-16(8-6-15)32-17-9-11-18(12-10-17)34(30,31)26-21-13-22(33-14-23(27)28)24(29)20-4-2-1-3-19(20)21;26-23(27)15-32-22-14-21(19-8-4-5-9-20(19)24(22)28)25-33(29,30)18-12-10-17(11-13-18)31-16-6-2-1-3-7-16/h2*1-13,26,29H,14H2,(H,27,28);1-14,25,28H,15H2,(H,26,27). The fourth-order valence-corrected chi connectivity index (χ4v) is 15.1. The average molecular weight is 1500 g/mol. The molecular weight excluding hydrogens is 1440 g/mol. The Morgan fingerprint density at radius 1 is 0.347 bits per heavy atom. The van der Waals surface area contributed by atoms with Crippen LogP contribution in [0.25, 0.3) is 32.3 Å². The van der Waals surface area contributed by atoms with Gasteiger partial charge in [0.15, 0.2) is 0 Å². The van der Waals surface area contributed by atoms with Crippen molar-refractivity contribution in [2.45, 2.75) is 29.4 Å². The number of aliphatic carboxylic acids is 3. The second kappa shape index (κ2) is 32.4. The van der Waals surface area contributed by atoms with Gasteiger partial charge < -0.3 is 44.8 Å². The molecule has 0 amide bonds. The van der Waals surface area contributed by atoms with Gasteiger partial charge in [0, 0.05) is 37.3 Å². The van der Waals surface area contributed by atoms with E-state index in [9.17, 15) is 59.3 Å². The van der Waals surface area contributed by atoms with Crippen LogP contribution in [0.1, 0.15) is 0 Å². The molecule has 21 nitrogen and oxygen atoms in total. The molecule has 0 aromatic heterocycles. The van der Waals surface area contributed by atoms with Gasteiger partial charge in [-0.05, 0) is 152 Å². The monoisotopic (exact) mass is 1500 g/mol. The first-order chi connectivity index (χ1) is 48.3. The zero-order valence-electron chi connectivity index (χ0n) is 52.0. The maximum atomic E-state index is 13.1. The number of aromatic hydroxyl groups is 3. The van der Waals surface area contributed by atoms with Gasteiger partial charge in [-0.25, -0.2) is 29.6 Å². The number of carboxylic acids is 3. The number of halogens is 2. The molecule has 101 heavy (non-hydrogen) atoms. The van der Waals surface area contributed by atoms with E-state index in [0.717, 1.165) is 35.3 Å². The van der Waals surface area contributed by atoms with Crippen LogP contribution in [0.3, 0.4) is 0 Å². The molecular formula is C72H55ClFN3O18S6. The Morgan fingerprint density at radius 2 is 0.584 bits per heavy atom. The molecule has 0 atom stereocenters. The Hall–Kier alpha value is -10.9. The molecule has 0 aliphatic carbocycles. The molecule has 12 aromatic rings. The van der Waals surface area contributed by atoms with Gasteiger partial charge in [0.25, 0.3) is 30.1 Å². The number of rotatable bonds is 24. The molecule has 0 saturated heterocycles. The van der Waals surface area contributed by atoms with E-state index in [4.69, 9.17) is 41.1 Å². The van der Waals surface area contributed by atoms with Crippen molar-refractivity contribution in [1.82, 2.24) is 0 Å².